The first kappa shape index (κ1) is 15.0. The number of hydrogen-bond donors (Lipinski definition) is 0. The summed E-state index contributed by atoms with van der Waals surface area (Å²) >= 11 is 6.33. The van der Waals surface area contributed by atoms with Crippen LogP contribution in [0.4, 0.5) is 5.69 Å². The van der Waals surface area contributed by atoms with Crippen LogP contribution in [0.5, 0.6) is 0 Å². The molecule has 2 aliphatic rings. The minimum atomic E-state index is 0.518. The molecule has 2 unspecified atom stereocenters. The van der Waals surface area contributed by atoms with Crippen molar-refractivity contribution >= 4 is 17.3 Å². The average molecular weight is 332 g/mol. The van der Waals surface area contributed by atoms with Gasteiger partial charge in [0.2, 0.25) is 0 Å². The third-order valence-corrected chi connectivity index (χ3v) is 5.53. The molecule has 1 aliphatic heterocycles. The predicted molar refractivity (Wildman–Crippen MR) is 91.9 cm³/mol. The van der Waals surface area contributed by atoms with Crippen LogP contribution >= 0.6 is 11.6 Å². The van der Waals surface area contributed by atoms with Crippen LogP contribution in [0, 0.1) is 0 Å². The minimum absolute atomic E-state index is 0.518. The normalized spacial score (nSPS) is 25.9. The van der Waals surface area contributed by atoms with Gasteiger partial charge >= 0.3 is 0 Å². The van der Waals surface area contributed by atoms with E-state index in [-0.39, 0.29) is 0 Å². The molecule has 1 saturated heterocycles. The van der Waals surface area contributed by atoms with Crippen LogP contribution in [-0.2, 0) is 0 Å². The molecule has 1 aliphatic carbocycles. The maximum Gasteiger partial charge on any atom is 0.137 e. The van der Waals surface area contributed by atoms with Crippen molar-refractivity contribution in [1.29, 1.82) is 0 Å². The van der Waals surface area contributed by atoms with Gasteiger partial charge in [-0.05, 0) is 31.4 Å². The van der Waals surface area contributed by atoms with Gasteiger partial charge in [0, 0.05) is 32.2 Å². The van der Waals surface area contributed by atoms with Gasteiger partial charge in [-0.1, -0.05) is 23.7 Å². The topological polar surface area (TPSA) is 37.2 Å². The third-order valence-electron chi connectivity index (χ3n) is 5.21. The SMILES string of the molecule is Clc1ccccc1N1CCN(C2CCC(n3cncn3)C2)CC1. The molecule has 0 amide bonds. The van der Waals surface area contributed by atoms with E-state index < -0.39 is 0 Å². The van der Waals surface area contributed by atoms with Gasteiger partial charge in [0.25, 0.3) is 0 Å². The molecule has 0 N–H and O–H groups in total. The van der Waals surface area contributed by atoms with Crippen molar-refractivity contribution in [3.63, 3.8) is 0 Å². The van der Waals surface area contributed by atoms with Crippen LogP contribution in [0.1, 0.15) is 25.3 Å². The van der Waals surface area contributed by atoms with Crippen LogP contribution < -0.4 is 4.90 Å². The summed E-state index contributed by atoms with van der Waals surface area (Å²) in [6.07, 6.45) is 7.14. The summed E-state index contributed by atoms with van der Waals surface area (Å²) in [6.45, 7) is 4.32. The highest BCUT2D eigenvalue weighted by atomic mass is 35.5. The lowest BCUT2D eigenvalue weighted by molar-refractivity contribution is 0.183. The lowest BCUT2D eigenvalue weighted by Crippen LogP contribution is -2.49. The predicted octanol–water partition coefficient (Wildman–Crippen LogP) is 2.85. The smallest absolute Gasteiger partial charge is 0.137 e. The maximum atomic E-state index is 6.33. The molecule has 2 heterocycles. The number of benzene rings is 1. The van der Waals surface area contributed by atoms with Crippen molar-refractivity contribution < 1.29 is 0 Å². The molecule has 1 saturated carbocycles. The van der Waals surface area contributed by atoms with Gasteiger partial charge in [-0.3, -0.25) is 4.90 Å². The summed E-state index contributed by atoms with van der Waals surface area (Å²) in [5.74, 6) is 0. The Morgan fingerprint density at radius 3 is 2.52 bits per heavy atom. The van der Waals surface area contributed by atoms with Crippen LogP contribution in [0.25, 0.3) is 0 Å². The zero-order chi connectivity index (χ0) is 15.6. The van der Waals surface area contributed by atoms with Gasteiger partial charge in [-0.25, -0.2) is 9.67 Å². The van der Waals surface area contributed by atoms with E-state index in [1.54, 1.807) is 6.33 Å². The number of aromatic nitrogens is 3. The summed E-state index contributed by atoms with van der Waals surface area (Å²) in [7, 11) is 0. The van der Waals surface area contributed by atoms with Gasteiger partial charge < -0.3 is 4.90 Å². The van der Waals surface area contributed by atoms with Crippen LogP contribution in [0.15, 0.2) is 36.9 Å². The van der Waals surface area contributed by atoms with Crippen LogP contribution in [0.3, 0.4) is 0 Å². The highest BCUT2D eigenvalue weighted by Crippen LogP contribution is 2.33. The first-order chi connectivity index (χ1) is 11.3. The Labute approximate surface area is 141 Å². The number of piperazine rings is 1. The zero-order valence-corrected chi connectivity index (χ0v) is 13.9. The van der Waals surface area contributed by atoms with Gasteiger partial charge in [0.15, 0.2) is 0 Å². The maximum absolute atomic E-state index is 6.33. The van der Waals surface area contributed by atoms with Crippen molar-refractivity contribution in [2.75, 3.05) is 31.1 Å². The molecular formula is C17H22ClN5. The standard InChI is InChI=1S/C17H22ClN5/c18-16-3-1-2-4-17(16)22-9-7-21(8-10-22)14-5-6-15(11-14)23-13-19-12-20-23/h1-4,12-15H,5-11H2. The number of anilines is 1. The molecule has 6 heteroatoms. The number of hydrogen-bond acceptors (Lipinski definition) is 4. The number of halogens is 1. The van der Waals surface area contributed by atoms with E-state index in [4.69, 9.17) is 11.6 Å². The monoisotopic (exact) mass is 331 g/mol. The molecule has 0 bridgehead atoms. The quantitative estimate of drug-likeness (QED) is 0.866. The largest absolute Gasteiger partial charge is 0.368 e. The molecule has 2 atom stereocenters. The van der Waals surface area contributed by atoms with Crippen molar-refractivity contribution in [1.82, 2.24) is 19.7 Å². The molecule has 122 valence electrons. The van der Waals surface area contributed by atoms with Gasteiger partial charge in [-0.2, -0.15) is 5.10 Å². The summed E-state index contributed by atoms with van der Waals surface area (Å²) < 4.78 is 2.03. The fourth-order valence-electron chi connectivity index (χ4n) is 3.95. The Balaban J connectivity index is 1.34. The number of nitrogens with zero attached hydrogens (tertiary/aromatic N) is 5. The minimum Gasteiger partial charge on any atom is -0.368 e. The Kier molecular flexibility index (Phi) is 4.23. The van der Waals surface area contributed by atoms with Crippen molar-refractivity contribution in [2.45, 2.75) is 31.3 Å². The lowest BCUT2D eigenvalue weighted by Gasteiger charge is -2.39. The summed E-state index contributed by atoms with van der Waals surface area (Å²) in [6, 6.07) is 9.34. The second-order valence-electron chi connectivity index (χ2n) is 6.47. The van der Waals surface area contributed by atoms with E-state index in [9.17, 15) is 0 Å². The molecule has 4 rings (SSSR count). The number of para-hydroxylation sites is 1. The fourth-order valence-corrected chi connectivity index (χ4v) is 4.20. The number of rotatable bonds is 3. The second-order valence-corrected chi connectivity index (χ2v) is 6.88. The van der Waals surface area contributed by atoms with Crippen LogP contribution in [-0.4, -0.2) is 51.9 Å². The van der Waals surface area contributed by atoms with Gasteiger partial charge in [0.05, 0.1) is 16.8 Å². The molecule has 5 nitrogen and oxygen atoms in total. The zero-order valence-electron chi connectivity index (χ0n) is 13.2. The van der Waals surface area contributed by atoms with Crippen LogP contribution in [0.2, 0.25) is 5.02 Å². The Hall–Kier alpha value is -1.59. The first-order valence-electron chi connectivity index (χ1n) is 8.39. The van der Waals surface area contributed by atoms with E-state index in [0.717, 1.165) is 31.2 Å². The second kappa shape index (κ2) is 6.49. The fraction of sp³-hybridized carbons (Fsp3) is 0.529. The summed E-state index contributed by atoms with van der Waals surface area (Å²) in [5.41, 5.74) is 1.17. The Morgan fingerprint density at radius 2 is 1.78 bits per heavy atom. The first-order valence-corrected chi connectivity index (χ1v) is 8.77. The molecule has 23 heavy (non-hydrogen) atoms. The highest BCUT2D eigenvalue weighted by molar-refractivity contribution is 6.33. The molecule has 0 radical (unpaired) electrons. The van der Waals surface area contributed by atoms with Gasteiger partial charge in [0.1, 0.15) is 12.7 Å². The van der Waals surface area contributed by atoms with E-state index >= 15 is 0 Å². The van der Waals surface area contributed by atoms with Crippen molar-refractivity contribution in [3.8, 4) is 0 Å². The van der Waals surface area contributed by atoms with E-state index in [0.29, 0.717) is 12.1 Å². The third kappa shape index (κ3) is 3.08. The summed E-state index contributed by atoms with van der Waals surface area (Å²) in [4.78, 5) is 9.12. The molecule has 2 fully saturated rings. The highest BCUT2D eigenvalue weighted by Gasteiger charge is 2.32. The molecule has 1 aromatic carbocycles. The lowest BCUT2D eigenvalue weighted by atomic mass is 10.1. The van der Waals surface area contributed by atoms with E-state index in [1.807, 2.05) is 23.1 Å². The summed E-state index contributed by atoms with van der Waals surface area (Å²) in [5, 5.41) is 5.16. The molecule has 0 spiro atoms. The van der Waals surface area contributed by atoms with Gasteiger partial charge in [-0.15, -0.1) is 0 Å². The van der Waals surface area contributed by atoms with E-state index in [2.05, 4.69) is 32.0 Å². The van der Waals surface area contributed by atoms with Crippen molar-refractivity contribution in [3.05, 3.63) is 41.9 Å². The Bertz CT molecular complexity index is 636. The molecule has 1 aromatic heterocycles. The Morgan fingerprint density at radius 1 is 1.00 bits per heavy atom. The van der Waals surface area contributed by atoms with E-state index in [1.165, 1.54) is 24.9 Å². The van der Waals surface area contributed by atoms with Crippen molar-refractivity contribution in [2.24, 2.45) is 0 Å². The molecular weight excluding hydrogens is 310 g/mol. The molecule has 2 aromatic rings. The average Bonchev–Trinajstić information content (AvgIpc) is 3.27.